The molecule has 2 aromatic heterocycles. The van der Waals surface area contributed by atoms with Gasteiger partial charge in [0.15, 0.2) is 11.2 Å². The average Bonchev–Trinajstić information content (AvgIpc) is 2.76. The summed E-state index contributed by atoms with van der Waals surface area (Å²) in [6, 6.07) is 0. The second-order valence-electron chi connectivity index (χ2n) is 4.62. The number of aliphatic hydroxyl groups excluding tert-OH is 1. The van der Waals surface area contributed by atoms with Crippen LogP contribution in [0.3, 0.4) is 0 Å². The molecule has 0 atom stereocenters. The van der Waals surface area contributed by atoms with E-state index in [9.17, 15) is 9.59 Å². The van der Waals surface area contributed by atoms with Crippen molar-refractivity contribution in [3.8, 4) is 0 Å². The summed E-state index contributed by atoms with van der Waals surface area (Å²) in [5.41, 5.74) is 0.0180. The predicted octanol–water partition coefficient (Wildman–Crippen LogP) is -0.752. The van der Waals surface area contributed by atoms with E-state index in [1.165, 1.54) is 11.6 Å². The number of hydrogen-bond donors (Lipinski definition) is 2. The second kappa shape index (κ2) is 5.49. The smallest absolute Gasteiger partial charge is 0.332 e. The summed E-state index contributed by atoms with van der Waals surface area (Å²) in [5, 5.41) is 11.8. The summed E-state index contributed by atoms with van der Waals surface area (Å²) in [5.74, 6) is 0.460. The Balaban J connectivity index is 2.79. The van der Waals surface area contributed by atoms with Crippen LogP contribution < -0.4 is 16.6 Å². The number of anilines is 1. The lowest BCUT2D eigenvalue weighted by Crippen LogP contribution is -2.38. The van der Waals surface area contributed by atoms with Gasteiger partial charge in [-0.15, -0.1) is 0 Å². The van der Waals surface area contributed by atoms with Crippen LogP contribution in [0.25, 0.3) is 11.2 Å². The van der Waals surface area contributed by atoms with Crippen molar-refractivity contribution in [2.45, 2.75) is 19.9 Å². The van der Waals surface area contributed by atoms with Gasteiger partial charge in [-0.2, -0.15) is 4.98 Å². The van der Waals surface area contributed by atoms with Crippen molar-refractivity contribution in [1.82, 2.24) is 18.7 Å². The monoisotopic (exact) mass is 281 g/mol. The molecule has 0 amide bonds. The van der Waals surface area contributed by atoms with Crippen LogP contribution >= 0.6 is 0 Å². The number of aryl methyl sites for hydroxylation is 2. The van der Waals surface area contributed by atoms with E-state index in [0.29, 0.717) is 30.2 Å². The molecule has 2 rings (SSSR count). The van der Waals surface area contributed by atoms with Crippen molar-refractivity contribution in [2.24, 2.45) is 14.1 Å². The SMILES string of the molecule is CCCn1c(=O)n(C)c(=O)c2c1nc(NCCO)n2C. The quantitative estimate of drug-likeness (QED) is 0.752. The fourth-order valence-corrected chi connectivity index (χ4v) is 2.18. The van der Waals surface area contributed by atoms with Crippen molar-refractivity contribution in [2.75, 3.05) is 18.5 Å². The van der Waals surface area contributed by atoms with Crippen LogP contribution in [0.1, 0.15) is 13.3 Å². The first kappa shape index (κ1) is 14.3. The summed E-state index contributed by atoms with van der Waals surface area (Å²) in [6.07, 6.45) is 0.767. The topological polar surface area (TPSA) is 94.1 Å². The van der Waals surface area contributed by atoms with Crippen LogP contribution in [0.4, 0.5) is 5.95 Å². The maximum Gasteiger partial charge on any atom is 0.332 e. The number of nitrogens with zero attached hydrogens (tertiary/aromatic N) is 4. The average molecular weight is 281 g/mol. The van der Waals surface area contributed by atoms with Crippen LogP contribution in [0.15, 0.2) is 9.59 Å². The molecule has 0 fully saturated rings. The van der Waals surface area contributed by atoms with Gasteiger partial charge >= 0.3 is 5.69 Å². The summed E-state index contributed by atoms with van der Waals surface area (Å²) in [4.78, 5) is 28.7. The molecule has 0 aliphatic rings. The molecule has 8 heteroatoms. The van der Waals surface area contributed by atoms with Gasteiger partial charge in [-0.3, -0.25) is 13.9 Å². The summed E-state index contributed by atoms with van der Waals surface area (Å²) >= 11 is 0. The fraction of sp³-hybridized carbons (Fsp3) is 0.583. The largest absolute Gasteiger partial charge is 0.395 e. The maximum atomic E-state index is 12.2. The highest BCUT2D eigenvalue weighted by molar-refractivity contribution is 5.74. The zero-order valence-corrected chi connectivity index (χ0v) is 11.9. The molecule has 2 aromatic rings. The highest BCUT2D eigenvalue weighted by atomic mass is 16.3. The third kappa shape index (κ3) is 2.11. The number of imidazole rings is 1. The Bertz CT molecular complexity index is 740. The highest BCUT2D eigenvalue weighted by Gasteiger charge is 2.17. The van der Waals surface area contributed by atoms with E-state index >= 15 is 0 Å². The zero-order chi connectivity index (χ0) is 14.9. The van der Waals surface area contributed by atoms with E-state index in [1.54, 1.807) is 11.6 Å². The lowest BCUT2D eigenvalue weighted by molar-refractivity contribution is 0.310. The number of rotatable bonds is 5. The molecule has 0 saturated carbocycles. The third-order valence-electron chi connectivity index (χ3n) is 3.20. The first-order valence-electron chi connectivity index (χ1n) is 6.53. The molecule has 0 bridgehead atoms. The van der Waals surface area contributed by atoms with Gasteiger partial charge in [-0.25, -0.2) is 4.79 Å². The number of aromatic nitrogens is 4. The number of fused-ring (bicyclic) bond motifs is 1. The number of hydrogen-bond acceptors (Lipinski definition) is 5. The van der Waals surface area contributed by atoms with Crippen LogP contribution in [-0.2, 0) is 20.6 Å². The Morgan fingerprint density at radius 1 is 1.25 bits per heavy atom. The first-order chi connectivity index (χ1) is 9.52. The van der Waals surface area contributed by atoms with Crippen molar-refractivity contribution < 1.29 is 5.11 Å². The lowest BCUT2D eigenvalue weighted by Gasteiger charge is -2.07. The van der Waals surface area contributed by atoms with Gasteiger partial charge in [-0.1, -0.05) is 6.92 Å². The Labute approximate surface area is 115 Å². The van der Waals surface area contributed by atoms with E-state index in [0.717, 1.165) is 11.0 Å². The maximum absolute atomic E-state index is 12.2. The summed E-state index contributed by atoms with van der Waals surface area (Å²) in [7, 11) is 3.17. The minimum atomic E-state index is -0.371. The number of nitrogens with one attached hydrogen (secondary N) is 1. The van der Waals surface area contributed by atoms with Gasteiger partial charge in [0.1, 0.15) is 0 Å². The van der Waals surface area contributed by atoms with E-state index in [2.05, 4.69) is 10.3 Å². The Morgan fingerprint density at radius 2 is 1.95 bits per heavy atom. The molecule has 0 spiro atoms. The van der Waals surface area contributed by atoms with Crippen molar-refractivity contribution >= 4 is 17.1 Å². The van der Waals surface area contributed by atoms with E-state index in [4.69, 9.17) is 5.11 Å². The van der Waals surface area contributed by atoms with Gasteiger partial charge < -0.3 is 15.0 Å². The normalized spacial score (nSPS) is 11.2. The predicted molar refractivity (Wildman–Crippen MR) is 76.1 cm³/mol. The molecule has 110 valence electrons. The summed E-state index contributed by atoms with van der Waals surface area (Å²) < 4.78 is 4.20. The number of aliphatic hydroxyl groups is 1. The molecule has 0 radical (unpaired) electrons. The van der Waals surface area contributed by atoms with Crippen molar-refractivity contribution in [1.29, 1.82) is 0 Å². The fourth-order valence-electron chi connectivity index (χ4n) is 2.18. The van der Waals surface area contributed by atoms with Crippen LogP contribution in [0, 0.1) is 0 Å². The molecule has 0 aliphatic heterocycles. The first-order valence-corrected chi connectivity index (χ1v) is 6.53. The van der Waals surface area contributed by atoms with Crippen molar-refractivity contribution in [3.63, 3.8) is 0 Å². The van der Waals surface area contributed by atoms with E-state index in [1.807, 2.05) is 6.92 Å². The minimum absolute atomic E-state index is 0.0387. The molecule has 2 N–H and O–H groups in total. The van der Waals surface area contributed by atoms with Gasteiger partial charge in [-0.05, 0) is 6.42 Å². The van der Waals surface area contributed by atoms with Gasteiger partial charge in [0.25, 0.3) is 5.56 Å². The van der Waals surface area contributed by atoms with Crippen molar-refractivity contribution in [3.05, 3.63) is 20.8 Å². The summed E-state index contributed by atoms with van der Waals surface area (Å²) in [6.45, 7) is 2.75. The Hall–Kier alpha value is -2.09. The van der Waals surface area contributed by atoms with Crippen LogP contribution in [0.2, 0.25) is 0 Å². The standard InChI is InChI=1S/C12H19N5O3/c1-4-6-17-9-8(10(19)16(3)12(17)20)15(2)11(14-9)13-5-7-18/h18H,4-7H2,1-3H3,(H,13,14). The molecule has 0 unspecified atom stereocenters. The Morgan fingerprint density at radius 3 is 2.55 bits per heavy atom. The van der Waals surface area contributed by atoms with E-state index < -0.39 is 0 Å². The molecule has 0 saturated heterocycles. The third-order valence-corrected chi connectivity index (χ3v) is 3.20. The van der Waals surface area contributed by atoms with Gasteiger partial charge in [0, 0.05) is 27.2 Å². The molecular weight excluding hydrogens is 262 g/mol. The molecule has 0 aliphatic carbocycles. The van der Waals surface area contributed by atoms with Gasteiger partial charge in [0.05, 0.1) is 6.61 Å². The van der Waals surface area contributed by atoms with E-state index in [-0.39, 0.29) is 17.9 Å². The minimum Gasteiger partial charge on any atom is -0.395 e. The molecule has 2 heterocycles. The zero-order valence-electron chi connectivity index (χ0n) is 11.9. The lowest BCUT2D eigenvalue weighted by atomic mass is 10.4. The van der Waals surface area contributed by atoms with Crippen LogP contribution in [-0.4, -0.2) is 36.9 Å². The molecule has 8 nitrogen and oxygen atoms in total. The van der Waals surface area contributed by atoms with Gasteiger partial charge in [0.2, 0.25) is 5.95 Å². The van der Waals surface area contributed by atoms with Crippen LogP contribution in [0.5, 0.6) is 0 Å². The molecule has 0 aromatic carbocycles. The highest BCUT2D eigenvalue weighted by Crippen LogP contribution is 2.13. The Kier molecular flexibility index (Phi) is 3.93. The molecule has 20 heavy (non-hydrogen) atoms. The molecular formula is C12H19N5O3. The second-order valence-corrected chi connectivity index (χ2v) is 4.62.